The highest BCUT2D eigenvalue weighted by atomic mass is 79.9. The predicted octanol–water partition coefficient (Wildman–Crippen LogP) is 5.38. The molecule has 0 saturated carbocycles. The lowest BCUT2D eigenvalue weighted by atomic mass is 9.94. The van der Waals surface area contributed by atoms with Crippen LogP contribution in [0.5, 0.6) is 5.75 Å². The van der Waals surface area contributed by atoms with Gasteiger partial charge < -0.3 is 9.84 Å². The van der Waals surface area contributed by atoms with Crippen LogP contribution < -0.4 is 9.64 Å². The number of benzene rings is 3. The molecule has 0 aliphatic carbocycles. The average molecular weight is 523 g/mol. The maximum absolute atomic E-state index is 13.2. The minimum absolute atomic E-state index is 0.113. The van der Waals surface area contributed by atoms with Crippen molar-refractivity contribution < 1.29 is 24.4 Å². The number of anilines is 1. The van der Waals surface area contributed by atoms with Crippen molar-refractivity contribution in [3.8, 4) is 5.75 Å². The van der Waals surface area contributed by atoms with Gasteiger partial charge in [0, 0.05) is 21.8 Å². The van der Waals surface area contributed by atoms with E-state index >= 15 is 0 Å². The highest BCUT2D eigenvalue weighted by Gasteiger charge is 2.48. The van der Waals surface area contributed by atoms with E-state index in [1.807, 2.05) is 6.92 Å². The number of carbonyl (C=O) groups is 2. The molecular weight excluding hydrogens is 504 g/mol. The van der Waals surface area contributed by atoms with Crippen LogP contribution in [0.3, 0.4) is 0 Å². The lowest BCUT2D eigenvalue weighted by molar-refractivity contribution is -0.385. The van der Waals surface area contributed by atoms with Gasteiger partial charge in [-0.25, -0.2) is 0 Å². The van der Waals surface area contributed by atoms with Crippen molar-refractivity contribution in [3.63, 3.8) is 0 Å². The Morgan fingerprint density at radius 2 is 1.71 bits per heavy atom. The van der Waals surface area contributed by atoms with E-state index in [-0.39, 0.29) is 22.4 Å². The fourth-order valence-corrected chi connectivity index (χ4v) is 4.18. The second kappa shape index (κ2) is 9.48. The van der Waals surface area contributed by atoms with E-state index in [1.54, 1.807) is 54.6 Å². The van der Waals surface area contributed by atoms with Crippen LogP contribution in [0.4, 0.5) is 11.4 Å². The van der Waals surface area contributed by atoms with E-state index < -0.39 is 28.4 Å². The van der Waals surface area contributed by atoms with Gasteiger partial charge in [0.25, 0.3) is 17.4 Å². The summed E-state index contributed by atoms with van der Waals surface area (Å²) < 4.78 is 6.17. The number of para-hydroxylation sites is 1. The first kappa shape index (κ1) is 23.2. The van der Waals surface area contributed by atoms with Crippen molar-refractivity contribution >= 4 is 44.8 Å². The van der Waals surface area contributed by atoms with E-state index in [1.165, 1.54) is 23.1 Å². The number of rotatable bonds is 6. The fourth-order valence-electron chi connectivity index (χ4n) is 3.91. The normalized spacial score (nSPS) is 17.1. The smallest absolute Gasteiger partial charge is 0.300 e. The molecule has 0 radical (unpaired) electrons. The fraction of sp³-hybridized carbons (Fsp3) is 0.120. The Labute approximate surface area is 203 Å². The zero-order valence-corrected chi connectivity index (χ0v) is 19.6. The third-order valence-corrected chi connectivity index (χ3v) is 5.94. The second-order valence-corrected chi connectivity index (χ2v) is 8.33. The Morgan fingerprint density at radius 3 is 2.32 bits per heavy atom. The molecule has 1 aliphatic heterocycles. The van der Waals surface area contributed by atoms with Gasteiger partial charge in [0.15, 0.2) is 0 Å². The summed E-state index contributed by atoms with van der Waals surface area (Å²) in [5, 5.41) is 23.0. The molecule has 1 atom stereocenters. The molecule has 3 aromatic carbocycles. The summed E-state index contributed by atoms with van der Waals surface area (Å²) >= 11 is 3.34. The number of amides is 1. The van der Waals surface area contributed by atoms with Crippen LogP contribution in [-0.2, 0) is 9.59 Å². The number of nitro benzene ring substituents is 1. The highest BCUT2D eigenvalue weighted by molar-refractivity contribution is 9.10. The molecule has 1 saturated heterocycles. The molecule has 34 heavy (non-hydrogen) atoms. The largest absolute Gasteiger partial charge is 0.507 e. The SMILES string of the molecule is CCOc1ccc(C(O)=C2C(=O)C(=O)N(c3ccc(Br)cc3)C2c2ccccc2[N+](=O)[O-])cc1. The molecule has 172 valence electrons. The molecule has 3 aromatic rings. The molecule has 1 fully saturated rings. The minimum Gasteiger partial charge on any atom is -0.507 e. The maximum Gasteiger partial charge on any atom is 0.300 e. The zero-order valence-electron chi connectivity index (χ0n) is 18.0. The molecule has 8 nitrogen and oxygen atoms in total. The highest BCUT2D eigenvalue weighted by Crippen LogP contribution is 2.44. The molecule has 4 rings (SSSR count). The molecular formula is C25H19BrN2O6. The van der Waals surface area contributed by atoms with Gasteiger partial charge in [-0.2, -0.15) is 0 Å². The first-order valence-corrected chi connectivity index (χ1v) is 11.2. The summed E-state index contributed by atoms with van der Waals surface area (Å²) in [6.07, 6.45) is 0. The number of hydrogen-bond acceptors (Lipinski definition) is 6. The van der Waals surface area contributed by atoms with Crippen molar-refractivity contribution in [2.24, 2.45) is 0 Å². The van der Waals surface area contributed by atoms with Crippen LogP contribution in [0.15, 0.2) is 82.8 Å². The van der Waals surface area contributed by atoms with Gasteiger partial charge >= 0.3 is 0 Å². The molecule has 1 aliphatic rings. The van der Waals surface area contributed by atoms with E-state index in [0.717, 1.165) is 4.47 Å². The molecule has 0 bridgehead atoms. The molecule has 1 amide bonds. The van der Waals surface area contributed by atoms with Crippen molar-refractivity contribution in [2.45, 2.75) is 13.0 Å². The zero-order chi connectivity index (χ0) is 24.4. The number of ketones is 1. The molecule has 1 heterocycles. The lowest BCUT2D eigenvalue weighted by Crippen LogP contribution is -2.29. The Balaban J connectivity index is 1.95. The van der Waals surface area contributed by atoms with Crippen molar-refractivity contribution in [3.05, 3.63) is 104 Å². The van der Waals surface area contributed by atoms with Gasteiger partial charge in [-0.05, 0) is 61.5 Å². The van der Waals surface area contributed by atoms with Crippen LogP contribution in [0.1, 0.15) is 24.1 Å². The first-order valence-electron chi connectivity index (χ1n) is 10.4. The Hall–Kier alpha value is -3.98. The monoisotopic (exact) mass is 522 g/mol. The number of aliphatic hydroxyl groups is 1. The Morgan fingerprint density at radius 1 is 1.06 bits per heavy atom. The van der Waals surface area contributed by atoms with E-state index in [4.69, 9.17) is 4.74 Å². The summed E-state index contributed by atoms with van der Waals surface area (Å²) in [5.41, 5.74) is 0.252. The van der Waals surface area contributed by atoms with Gasteiger partial charge in [-0.3, -0.25) is 24.6 Å². The molecule has 1 unspecified atom stereocenters. The van der Waals surface area contributed by atoms with Crippen LogP contribution in [0.2, 0.25) is 0 Å². The maximum atomic E-state index is 13.2. The summed E-state index contributed by atoms with van der Waals surface area (Å²) in [4.78, 5) is 38.8. The van der Waals surface area contributed by atoms with E-state index in [0.29, 0.717) is 18.0 Å². The Kier molecular flexibility index (Phi) is 6.47. The van der Waals surface area contributed by atoms with Crippen LogP contribution >= 0.6 is 15.9 Å². The topological polar surface area (TPSA) is 110 Å². The third-order valence-electron chi connectivity index (χ3n) is 5.42. The standard InChI is InChI=1S/C25H19BrN2O6/c1-2-34-18-13-7-15(8-14-18)23(29)21-22(19-5-3-4-6-20(19)28(32)33)27(25(31)24(21)30)17-11-9-16(26)10-12-17/h3-14,22,29H,2H2,1H3. The van der Waals surface area contributed by atoms with Crippen molar-refractivity contribution in [2.75, 3.05) is 11.5 Å². The number of nitrogens with zero attached hydrogens (tertiary/aromatic N) is 2. The summed E-state index contributed by atoms with van der Waals surface area (Å²) in [6, 6.07) is 17.7. The summed E-state index contributed by atoms with van der Waals surface area (Å²) in [6.45, 7) is 2.30. The van der Waals surface area contributed by atoms with Crippen LogP contribution in [0, 0.1) is 10.1 Å². The van der Waals surface area contributed by atoms with Crippen LogP contribution in [0.25, 0.3) is 5.76 Å². The number of carbonyl (C=O) groups excluding carboxylic acids is 2. The van der Waals surface area contributed by atoms with E-state index in [9.17, 15) is 24.8 Å². The second-order valence-electron chi connectivity index (χ2n) is 7.42. The number of aliphatic hydroxyl groups excluding tert-OH is 1. The first-order chi connectivity index (χ1) is 16.3. The van der Waals surface area contributed by atoms with Gasteiger partial charge in [0.1, 0.15) is 17.6 Å². The van der Waals surface area contributed by atoms with Gasteiger partial charge in [-0.1, -0.05) is 28.1 Å². The molecule has 0 aromatic heterocycles. The van der Waals surface area contributed by atoms with Gasteiger partial charge in [-0.15, -0.1) is 0 Å². The van der Waals surface area contributed by atoms with Crippen LogP contribution in [-0.4, -0.2) is 28.3 Å². The lowest BCUT2D eigenvalue weighted by Gasteiger charge is -2.25. The number of Topliss-reactive ketones (excluding diaryl/α,β-unsaturated/α-hetero) is 1. The number of nitro groups is 1. The number of hydrogen-bond donors (Lipinski definition) is 1. The Bertz CT molecular complexity index is 1300. The van der Waals surface area contributed by atoms with Gasteiger partial charge in [0.05, 0.1) is 22.7 Å². The molecule has 9 heteroatoms. The number of halogens is 1. The average Bonchev–Trinajstić information content (AvgIpc) is 3.10. The summed E-state index contributed by atoms with van der Waals surface area (Å²) in [5.74, 6) is -1.68. The van der Waals surface area contributed by atoms with Crippen molar-refractivity contribution in [1.29, 1.82) is 0 Å². The molecule has 0 spiro atoms. The quantitative estimate of drug-likeness (QED) is 0.153. The number of ether oxygens (including phenoxy) is 1. The summed E-state index contributed by atoms with van der Waals surface area (Å²) in [7, 11) is 0. The van der Waals surface area contributed by atoms with Crippen molar-refractivity contribution in [1.82, 2.24) is 0 Å². The third kappa shape index (κ3) is 4.17. The minimum atomic E-state index is -1.20. The predicted molar refractivity (Wildman–Crippen MR) is 130 cm³/mol. The molecule has 1 N–H and O–H groups in total. The van der Waals surface area contributed by atoms with Gasteiger partial charge in [0.2, 0.25) is 0 Å². The van der Waals surface area contributed by atoms with E-state index in [2.05, 4.69) is 15.9 Å².